The van der Waals surface area contributed by atoms with E-state index in [2.05, 4.69) is 25.6 Å². The molecule has 12 heavy (non-hydrogen) atoms. The minimum atomic E-state index is 0.552. The molecular weight excluding hydrogens is 166 g/mol. The van der Waals surface area contributed by atoms with Crippen LogP contribution in [-0.4, -0.2) is 17.5 Å². The van der Waals surface area contributed by atoms with Crippen molar-refractivity contribution >= 4 is 11.8 Å². The second kappa shape index (κ2) is 2.91. The molecule has 0 bridgehead atoms. The van der Waals surface area contributed by atoms with Gasteiger partial charge in [-0.1, -0.05) is 13.8 Å². The van der Waals surface area contributed by atoms with Crippen LogP contribution < -0.4 is 5.73 Å². The van der Waals surface area contributed by atoms with Gasteiger partial charge in [0.2, 0.25) is 0 Å². The molecule has 1 aliphatic heterocycles. The second-order valence-corrected chi connectivity index (χ2v) is 6.09. The van der Waals surface area contributed by atoms with Crippen LogP contribution in [0.5, 0.6) is 0 Å². The minimum Gasteiger partial charge on any atom is -0.330 e. The Bertz CT molecular complexity index is 173. The first-order chi connectivity index (χ1) is 5.68. The number of hydrogen-bond acceptors (Lipinski definition) is 2. The predicted molar refractivity (Wildman–Crippen MR) is 55.3 cm³/mol. The van der Waals surface area contributed by atoms with E-state index < -0.39 is 0 Å². The van der Waals surface area contributed by atoms with E-state index >= 15 is 0 Å². The zero-order valence-electron chi connectivity index (χ0n) is 8.05. The van der Waals surface area contributed by atoms with Crippen LogP contribution in [0, 0.1) is 17.3 Å². The second-order valence-electron chi connectivity index (χ2n) is 4.74. The van der Waals surface area contributed by atoms with Gasteiger partial charge in [-0.05, 0) is 42.4 Å². The highest BCUT2D eigenvalue weighted by molar-refractivity contribution is 8.00. The Kier molecular flexibility index (Phi) is 2.16. The van der Waals surface area contributed by atoms with Crippen LogP contribution in [-0.2, 0) is 0 Å². The Hall–Kier alpha value is 0.310. The molecule has 1 aliphatic carbocycles. The van der Waals surface area contributed by atoms with Gasteiger partial charge in [0, 0.05) is 5.25 Å². The molecule has 3 atom stereocenters. The van der Waals surface area contributed by atoms with Gasteiger partial charge in [-0.25, -0.2) is 0 Å². The van der Waals surface area contributed by atoms with Gasteiger partial charge in [0.1, 0.15) is 0 Å². The summed E-state index contributed by atoms with van der Waals surface area (Å²) in [5.74, 6) is 3.12. The molecule has 1 unspecified atom stereocenters. The summed E-state index contributed by atoms with van der Waals surface area (Å²) in [6.45, 7) is 5.66. The molecule has 2 aliphatic rings. The summed E-state index contributed by atoms with van der Waals surface area (Å²) < 4.78 is 0. The third-order valence-corrected chi connectivity index (χ3v) is 5.24. The lowest BCUT2D eigenvalue weighted by Gasteiger charge is -2.09. The van der Waals surface area contributed by atoms with Crippen molar-refractivity contribution in [3.8, 4) is 0 Å². The topological polar surface area (TPSA) is 26.0 Å². The molecule has 0 aromatic carbocycles. The molecule has 0 aromatic rings. The van der Waals surface area contributed by atoms with Crippen LogP contribution >= 0.6 is 11.8 Å². The van der Waals surface area contributed by atoms with Crippen molar-refractivity contribution in [3.05, 3.63) is 0 Å². The maximum atomic E-state index is 5.76. The molecule has 2 N–H and O–H groups in total. The summed E-state index contributed by atoms with van der Waals surface area (Å²) in [5.41, 5.74) is 6.31. The van der Waals surface area contributed by atoms with Crippen molar-refractivity contribution < 1.29 is 0 Å². The fourth-order valence-electron chi connectivity index (χ4n) is 2.86. The van der Waals surface area contributed by atoms with Gasteiger partial charge >= 0.3 is 0 Å². The summed E-state index contributed by atoms with van der Waals surface area (Å²) in [7, 11) is 0. The van der Waals surface area contributed by atoms with E-state index in [0.717, 1.165) is 23.6 Å². The third-order valence-electron chi connectivity index (χ3n) is 3.76. The van der Waals surface area contributed by atoms with Crippen LogP contribution in [0.15, 0.2) is 0 Å². The molecule has 2 heteroatoms. The molecule has 0 amide bonds. The maximum absolute atomic E-state index is 5.76. The molecule has 2 fully saturated rings. The lowest BCUT2D eigenvalue weighted by molar-refractivity contribution is 0.524. The van der Waals surface area contributed by atoms with Gasteiger partial charge < -0.3 is 5.73 Å². The van der Waals surface area contributed by atoms with Crippen LogP contribution in [0.1, 0.15) is 26.7 Å². The normalized spacial score (nSPS) is 44.8. The lowest BCUT2D eigenvalue weighted by Crippen LogP contribution is -2.08. The number of nitrogens with two attached hydrogens (primary N) is 1. The molecule has 70 valence electrons. The highest BCUT2D eigenvalue weighted by Crippen LogP contribution is 2.63. The molecule has 1 heterocycles. The Morgan fingerprint density at radius 2 is 2.25 bits per heavy atom. The standard InChI is InChI=1S/C10H19NS/c1-10(2)7(6-11)9(10)8-4-3-5-12-8/h7-9H,3-6,11H2,1-2H3/t7-,8?,9+/m0/s1. The smallest absolute Gasteiger partial charge is 0.00841 e. The van der Waals surface area contributed by atoms with Gasteiger partial charge in [-0.2, -0.15) is 11.8 Å². The molecule has 1 saturated carbocycles. The average Bonchev–Trinajstić information content (AvgIpc) is 2.50. The van der Waals surface area contributed by atoms with Crippen molar-refractivity contribution in [2.45, 2.75) is 31.9 Å². The Morgan fingerprint density at radius 3 is 2.67 bits per heavy atom. The third kappa shape index (κ3) is 1.20. The van der Waals surface area contributed by atoms with Gasteiger partial charge in [0.25, 0.3) is 0 Å². The zero-order chi connectivity index (χ0) is 8.77. The molecule has 0 spiro atoms. The van der Waals surface area contributed by atoms with Gasteiger partial charge in [-0.3, -0.25) is 0 Å². The predicted octanol–water partition coefficient (Wildman–Crippen LogP) is 2.11. The van der Waals surface area contributed by atoms with Crippen molar-refractivity contribution in [1.29, 1.82) is 0 Å². The number of rotatable bonds is 2. The van der Waals surface area contributed by atoms with Crippen molar-refractivity contribution in [3.63, 3.8) is 0 Å². The van der Waals surface area contributed by atoms with Crippen molar-refractivity contribution in [2.24, 2.45) is 23.0 Å². The molecule has 1 saturated heterocycles. The molecule has 0 aromatic heterocycles. The fraction of sp³-hybridized carbons (Fsp3) is 1.00. The molecule has 2 rings (SSSR count). The van der Waals surface area contributed by atoms with E-state index in [1.54, 1.807) is 0 Å². The SMILES string of the molecule is CC1(C)[C@@H](CN)[C@@H]1C1CCCS1. The van der Waals surface area contributed by atoms with Gasteiger partial charge in [0.15, 0.2) is 0 Å². The van der Waals surface area contributed by atoms with Crippen LogP contribution in [0.4, 0.5) is 0 Å². The first-order valence-electron chi connectivity index (χ1n) is 4.99. The van der Waals surface area contributed by atoms with E-state index in [1.165, 1.54) is 18.6 Å². The highest BCUT2D eigenvalue weighted by Gasteiger charge is 2.59. The van der Waals surface area contributed by atoms with Crippen molar-refractivity contribution in [2.75, 3.05) is 12.3 Å². The monoisotopic (exact) mass is 185 g/mol. The Morgan fingerprint density at radius 1 is 1.50 bits per heavy atom. The quantitative estimate of drug-likeness (QED) is 0.713. The first-order valence-corrected chi connectivity index (χ1v) is 6.04. The van der Waals surface area contributed by atoms with Crippen LogP contribution in [0.3, 0.4) is 0 Å². The summed E-state index contributed by atoms with van der Waals surface area (Å²) in [6.07, 6.45) is 2.87. The summed E-state index contributed by atoms with van der Waals surface area (Å²) >= 11 is 2.18. The van der Waals surface area contributed by atoms with Crippen LogP contribution in [0.25, 0.3) is 0 Å². The maximum Gasteiger partial charge on any atom is 0.00841 e. The fourth-order valence-corrected chi connectivity index (χ4v) is 4.58. The van der Waals surface area contributed by atoms with E-state index in [-0.39, 0.29) is 0 Å². The largest absolute Gasteiger partial charge is 0.330 e. The average molecular weight is 185 g/mol. The van der Waals surface area contributed by atoms with Gasteiger partial charge in [-0.15, -0.1) is 0 Å². The highest BCUT2D eigenvalue weighted by atomic mass is 32.2. The van der Waals surface area contributed by atoms with Crippen molar-refractivity contribution in [1.82, 2.24) is 0 Å². The lowest BCUT2D eigenvalue weighted by atomic mass is 10.1. The first kappa shape index (κ1) is 8.89. The van der Waals surface area contributed by atoms with E-state index in [4.69, 9.17) is 5.73 Å². The molecule has 0 radical (unpaired) electrons. The zero-order valence-corrected chi connectivity index (χ0v) is 8.86. The summed E-state index contributed by atoms with van der Waals surface area (Å²) in [4.78, 5) is 0. The van der Waals surface area contributed by atoms with Crippen LogP contribution in [0.2, 0.25) is 0 Å². The molecule has 1 nitrogen and oxygen atoms in total. The number of thioether (sulfide) groups is 1. The molecular formula is C10H19NS. The van der Waals surface area contributed by atoms with Gasteiger partial charge in [0.05, 0.1) is 0 Å². The van der Waals surface area contributed by atoms with E-state index in [0.29, 0.717) is 5.41 Å². The Labute approximate surface area is 79.5 Å². The Balaban J connectivity index is 1.97. The van der Waals surface area contributed by atoms with E-state index in [9.17, 15) is 0 Å². The summed E-state index contributed by atoms with van der Waals surface area (Å²) in [6, 6.07) is 0. The van der Waals surface area contributed by atoms with E-state index in [1.807, 2.05) is 0 Å². The minimum absolute atomic E-state index is 0.552. The summed E-state index contributed by atoms with van der Waals surface area (Å²) in [5, 5.41) is 0.938. The number of hydrogen-bond donors (Lipinski definition) is 1.